The summed E-state index contributed by atoms with van der Waals surface area (Å²) in [6.07, 6.45) is 3.73. The Balaban J connectivity index is 1.58. The van der Waals surface area contributed by atoms with E-state index in [9.17, 15) is 9.59 Å². The number of methoxy groups -OCH3 is 1. The Morgan fingerprint density at radius 2 is 2.09 bits per heavy atom. The van der Waals surface area contributed by atoms with Gasteiger partial charge < -0.3 is 24.5 Å². The summed E-state index contributed by atoms with van der Waals surface area (Å²) in [6, 6.07) is 11.8. The van der Waals surface area contributed by atoms with Crippen LogP contribution in [0.5, 0.6) is 5.75 Å². The SMILES string of the molecule is COc1ccc2c(c1)c(-c1cc3cccnc3[nH]1)cn2CC(=O)N1CCNC(=O)C1(C)C. The number of amides is 2. The van der Waals surface area contributed by atoms with E-state index in [2.05, 4.69) is 21.4 Å². The molecule has 0 aliphatic carbocycles. The molecule has 8 heteroatoms. The molecule has 4 aromatic rings. The molecule has 5 rings (SSSR count). The van der Waals surface area contributed by atoms with Crippen LogP contribution in [0.15, 0.2) is 48.8 Å². The fourth-order valence-corrected chi connectivity index (χ4v) is 4.42. The van der Waals surface area contributed by atoms with Crippen LogP contribution in [0.2, 0.25) is 0 Å². The van der Waals surface area contributed by atoms with E-state index < -0.39 is 5.54 Å². The maximum Gasteiger partial charge on any atom is 0.245 e. The van der Waals surface area contributed by atoms with Gasteiger partial charge in [0.1, 0.15) is 23.5 Å². The van der Waals surface area contributed by atoms with E-state index in [1.807, 2.05) is 41.1 Å². The van der Waals surface area contributed by atoms with Gasteiger partial charge in [-0.05, 0) is 50.2 Å². The highest BCUT2D eigenvalue weighted by atomic mass is 16.5. The number of benzene rings is 1. The predicted octanol–water partition coefficient (Wildman–Crippen LogP) is 2.93. The fraction of sp³-hybridized carbons (Fsp3) is 0.292. The van der Waals surface area contributed by atoms with Gasteiger partial charge in [-0.1, -0.05) is 0 Å². The molecule has 0 bridgehead atoms. The second-order valence-electron chi connectivity index (χ2n) is 8.54. The molecule has 1 fully saturated rings. The summed E-state index contributed by atoms with van der Waals surface area (Å²) in [4.78, 5) is 35.0. The summed E-state index contributed by atoms with van der Waals surface area (Å²) in [5.41, 5.74) is 2.72. The molecule has 1 aliphatic heterocycles. The van der Waals surface area contributed by atoms with Crippen LogP contribution in [0.4, 0.5) is 0 Å². The second-order valence-corrected chi connectivity index (χ2v) is 8.54. The third-order valence-electron chi connectivity index (χ3n) is 6.23. The lowest BCUT2D eigenvalue weighted by atomic mass is 9.99. The molecule has 1 saturated heterocycles. The van der Waals surface area contributed by atoms with Crippen molar-refractivity contribution in [3.8, 4) is 17.0 Å². The highest BCUT2D eigenvalue weighted by Crippen LogP contribution is 2.34. The first-order valence-corrected chi connectivity index (χ1v) is 10.6. The van der Waals surface area contributed by atoms with E-state index in [1.54, 1.807) is 32.1 Å². The van der Waals surface area contributed by atoms with Gasteiger partial charge in [-0.15, -0.1) is 0 Å². The molecule has 32 heavy (non-hydrogen) atoms. The number of carbonyl (C=O) groups excluding carboxylic acids is 2. The molecular formula is C24H25N5O3. The first-order valence-electron chi connectivity index (χ1n) is 10.6. The van der Waals surface area contributed by atoms with Crippen molar-refractivity contribution in [2.75, 3.05) is 20.2 Å². The lowest BCUT2D eigenvalue weighted by Gasteiger charge is -2.41. The minimum Gasteiger partial charge on any atom is -0.497 e. The minimum absolute atomic E-state index is 0.0950. The van der Waals surface area contributed by atoms with Crippen molar-refractivity contribution in [2.45, 2.75) is 25.9 Å². The Bertz CT molecular complexity index is 1320. The average molecular weight is 431 g/mol. The molecule has 1 aromatic carbocycles. The van der Waals surface area contributed by atoms with E-state index in [1.165, 1.54) is 0 Å². The van der Waals surface area contributed by atoms with E-state index >= 15 is 0 Å². The number of hydrogen-bond donors (Lipinski definition) is 2. The number of piperazine rings is 1. The summed E-state index contributed by atoms with van der Waals surface area (Å²) >= 11 is 0. The van der Waals surface area contributed by atoms with E-state index in [0.29, 0.717) is 13.1 Å². The number of aromatic nitrogens is 3. The van der Waals surface area contributed by atoms with Crippen molar-refractivity contribution in [3.05, 3.63) is 48.8 Å². The molecule has 164 valence electrons. The van der Waals surface area contributed by atoms with Crippen molar-refractivity contribution in [3.63, 3.8) is 0 Å². The highest BCUT2D eigenvalue weighted by molar-refractivity contribution is 5.99. The fourth-order valence-electron chi connectivity index (χ4n) is 4.42. The largest absolute Gasteiger partial charge is 0.497 e. The van der Waals surface area contributed by atoms with Crippen molar-refractivity contribution < 1.29 is 14.3 Å². The molecule has 0 unspecified atom stereocenters. The number of nitrogens with one attached hydrogen (secondary N) is 2. The van der Waals surface area contributed by atoms with Crippen molar-refractivity contribution >= 4 is 33.8 Å². The third-order valence-corrected chi connectivity index (χ3v) is 6.23. The maximum absolute atomic E-state index is 13.3. The summed E-state index contributed by atoms with van der Waals surface area (Å²) in [6.45, 7) is 4.65. The van der Waals surface area contributed by atoms with Crippen LogP contribution in [0, 0.1) is 0 Å². The molecule has 2 amide bonds. The number of carbonyl (C=O) groups is 2. The third kappa shape index (κ3) is 3.19. The van der Waals surface area contributed by atoms with Gasteiger partial charge in [-0.25, -0.2) is 4.98 Å². The normalized spacial score (nSPS) is 15.8. The Morgan fingerprint density at radius 1 is 1.25 bits per heavy atom. The summed E-state index contributed by atoms with van der Waals surface area (Å²) in [5, 5.41) is 4.83. The van der Waals surface area contributed by atoms with Crippen molar-refractivity contribution in [2.24, 2.45) is 0 Å². The number of rotatable bonds is 4. The highest BCUT2D eigenvalue weighted by Gasteiger charge is 2.40. The lowest BCUT2D eigenvalue weighted by molar-refractivity contribution is -0.149. The molecule has 3 aromatic heterocycles. The molecule has 8 nitrogen and oxygen atoms in total. The Morgan fingerprint density at radius 3 is 2.88 bits per heavy atom. The monoisotopic (exact) mass is 431 g/mol. The van der Waals surface area contributed by atoms with E-state index in [-0.39, 0.29) is 18.4 Å². The first kappa shape index (κ1) is 20.1. The topological polar surface area (TPSA) is 92.2 Å². The molecule has 2 N–H and O–H groups in total. The molecule has 0 atom stereocenters. The summed E-state index contributed by atoms with van der Waals surface area (Å²) in [5.74, 6) is 0.513. The van der Waals surface area contributed by atoms with Crippen LogP contribution < -0.4 is 10.1 Å². The second kappa shape index (κ2) is 7.40. The molecule has 1 aliphatic rings. The van der Waals surface area contributed by atoms with Gasteiger partial charge in [0.2, 0.25) is 11.8 Å². The van der Waals surface area contributed by atoms with E-state index in [0.717, 1.165) is 38.9 Å². The molecule has 4 heterocycles. The number of hydrogen-bond acceptors (Lipinski definition) is 4. The van der Waals surface area contributed by atoms with Gasteiger partial charge in [0, 0.05) is 53.0 Å². The van der Waals surface area contributed by atoms with Crippen LogP contribution in [0.1, 0.15) is 13.8 Å². The predicted molar refractivity (Wildman–Crippen MR) is 122 cm³/mol. The molecular weight excluding hydrogens is 406 g/mol. The van der Waals surface area contributed by atoms with Gasteiger partial charge in [-0.3, -0.25) is 9.59 Å². The number of fused-ring (bicyclic) bond motifs is 2. The number of aromatic amines is 1. The zero-order valence-electron chi connectivity index (χ0n) is 18.3. The Hall–Kier alpha value is -3.81. The number of H-pyrrole nitrogens is 1. The average Bonchev–Trinajstić information content (AvgIpc) is 3.36. The number of ether oxygens (including phenoxy) is 1. The number of pyridine rings is 1. The smallest absolute Gasteiger partial charge is 0.245 e. The van der Waals surface area contributed by atoms with Gasteiger partial charge >= 0.3 is 0 Å². The molecule has 0 saturated carbocycles. The van der Waals surface area contributed by atoms with Crippen LogP contribution in [-0.2, 0) is 16.1 Å². The van der Waals surface area contributed by atoms with Gasteiger partial charge in [0.25, 0.3) is 0 Å². The van der Waals surface area contributed by atoms with Gasteiger partial charge in [-0.2, -0.15) is 0 Å². The summed E-state index contributed by atoms with van der Waals surface area (Å²) in [7, 11) is 1.64. The first-order chi connectivity index (χ1) is 15.4. The molecule has 0 spiro atoms. The maximum atomic E-state index is 13.3. The zero-order chi connectivity index (χ0) is 22.5. The van der Waals surface area contributed by atoms with Crippen LogP contribution in [-0.4, -0.2) is 57.0 Å². The van der Waals surface area contributed by atoms with Crippen LogP contribution >= 0.6 is 0 Å². The Labute approximate surface area is 185 Å². The van der Waals surface area contributed by atoms with Crippen molar-refractivity contribution in [1.29, 1.82) is 0 Å². The summed E-state index contributed by atoms with van der Waals surface area (Å²) < 4.78 is 7.38. The number of nitrogens with zero attached hydrogens (tertiary/aromatic N) is 3. The minimum atomic E-state index is -0.882. The van der Waals surface area contributed by atoms with Crippen LogP contribution in [0.25, 0.3) is 33.2 Å². The quantitative estimate of drug-likeness (QED) is 0.520. The standard InChI is InChI=1S/C24H25N5O3/c1-24(2)23(31)26-9-10-29(24)21(30)14-28-13-18(17-12-16(32-3)6-7-20(17)28)19-11-15-5-4-8-25-22(15)27-19/h4-8,11-13H,9-10,14H2,1-3H3,(H,25,27)(H,26,31). The molecule has 0 radical (unpaired) electrons. The van der Waals surface area contributed by atoms with Crippen molar-refractivity contribution in [1.82, 2.24) is 24.8 Å². The lowest BCUT2D eigenvalue weighted by Crippen LogP contribution is -2.63. The van der Waals surface area contributed by atoms with Crippen LogP contribution in [0.3, 0.4) is 0 Å². The van der Waals surface area contributed by atoms with Gasteiger partial charge in [0.05, 0.1) is 7.11 Å². The Kier molecular flexibility index (Phi) is 4.65. The zero-order valence-corrected chi connectivity index (χ0v) is 18.3. The van der Waals surface area contributed by atoms with Gasteiger partial charge in [0.15, 0.2) is 0 Å². The van der Waals surface area contributed by atoms with E-state index in [4.69, 9.17) is 4.74 Å².